The Morgan fingerprint density at radius 1 is 1.20 bits per heavy atom. The molecule has 0 radical (unpaired) electrons. The Labute approximate surface area is 94.1 Å². The number of anilines is 1. The van der Waals surface area contributed by atoms with Gasteiger partial charge in [0.2, 0.25) is 0 Å². The lowest BCUT2D eigenvalue weighted by Crippen LogP contribution is -1.95. The first-order chi connectivity index (χ1) is 7.25. The summed E-state index contributed by atoms with van der Waals surface area (Å²) < 4.78 is 0. The van der Waals surface area contributed by atoms with Crippen LogP contribution >= 0.6 is 11.3 Å². The molecule has 0 atom stereocenters. The second kappa shape index (κ2) is 4.32. The van der Waals surface area contributed by atoms with Crippen LogP contribution in [-0.2, 0) is 0 Å². The third kappa shape index (κ3) is 2.48. The van der Waals surface area contributed by atoms with Gasteiger partial charge in [0.1, 0.15) is 0 Å². The average molecular weight is 215 g/mol. The van der Waals surface area contributed by atoms with Gasteiger partial charge in [0, 0.05) is 16.9 Å². The van der Waals surface area contributed by atoms with Gasteiger partial charge in [-0.05, 0) is 35.9 Å². The van der Waals surface area contributed by atoms with Crippen molar-refractivity contribution >= 4 is 22.7 Å². The Hall–Kier alpha value is -1.54. The molecule has 0 unspecified atom stereocenters. The normalized spacial score (nSPS) is 9.93. The monoisotopic (exact) mass is 215 g/mol. The fraction of sp³-hybridized carbons (Fsp3) is 0.0769. The zero-order valence-electron chi connectivity index (χ0n) is 8.66. The van der Waals surface area contributed by atoms with Crippen molar-refractivity contribution in [3.05, 3.63) is 58.8 Å². The van der Waals surface area contributed by atoms with Gasteiger partial charge in [-0.3, -0.25) is 0 Å². The molecule has 2 rings (SSSR count). The molecule has 1 nitrogen and oxygen atoms in total. The molecule has 0 aliphatic carbocycles. The van der Waals surface area contributed by atoms with Crippen LogP contribution in [0.4, 0.5) is 5.69 Å². The molecule has 76 valence electrons. The van der Waals surface area contributed by atoms with Crippen LogP contribution in [0.1, 0.15) is 11.1 Å². The van der Waals surface area contributed by atoms with Gasteiger partial charge in [0.15, 0.2) is 0 Å². The van der Waals surface area contributed by atoms with Crippen molar-refractivity contribution in [3.8, 4) is 0 Å². The van der Waals surface area contributed by atoms with E-state index in [1.54, 1.807) is 11.3 Å². The lowest BCUT2D eigenvalue weighted by molar-refractivity contribution is 1.46. The summed E-state index contributed by atoms with van der Waals surface area (Å²) >= 11 is 1.68. The Morgan fingerprint density at radius 3 is 2.53 bits per heavy atom. The predicted molar refractivity (Wildman–Crippen MR) is 68.2 cm³/mol. The minimum atomic E-state index is 0.945. The van der Waals surface area contributed by atoms with Crippen LogP contribution in [0.5, 0.6) is 0 Å². The molecule has 2 heteroatoms. The highest BCUT2D eigenvalue weighted by Crippen LogP contribution is 2.19. The van der Waals surface area contributed by atoms with Crippen LogP contribution in [0.15, 0.2) is 47.7 Å². The Kier molecular flexibility index (Phi) is 2.88. The smallest absolute Gasteiger partial charge is 0.0393 e. The molecule has 0 aliphatic rings. The van der Waals surface area contributed by atoms with Crippen LogP contribution in [0.3, 0.4) is 0 Å². The van der Waals surface area contributed by atoms with Crippen molar-refractivity contribution in [1.82, 2.24) is 0 Å². The van der Waals surface area contributed by atoms with E-state index in [0.717, 1.165) is 16.9 Å². The second-order valence-corrected chi connectivity index (χ2v) is 4.26. The summed E-state index contributed by atoms with van der Waals surface area (Å²) in [6.45, 7) is 6.09. The van der Waals surface area contributed by atoms with E-state index in [0.29, 0.717) is 0 Å². The minimum Gasteiger partial charge on any atom is -0.355 e. The largest absolute Gasteiger partial charge is 0.355 e. The summed E-state index contributed by atoms with van der Waals surface area (Å²) in [6, 6.07) is 10.4. The average Bonchev–Trinajstić information content (AvgIpc) is 2.74. The van der Waals surface area contributed by atoms with Gasteiger partial charge in [-0.25, -0.2) is 0 Å². The quantitative estimate of drug-likeness (QED) is 0.811. The van der Waals surface area contributed by atoms with E-state index in [2.05, 4.69) is 59.9 Å². The van der Waals surface area contributed by atoms with Gasteiger partial charge in [-0.15, -0.1) is 0 Å². The van der Waals surface area contributed by atoms with Gasteiger partial charge in [0.05, 0.1) is 0 Å². The number of thiophene rings is 1. The van der Waals surface area contributed by atoms with Gasteiger partial charge < -0.3 is 5.32 Å². The molecular formula is C13H13NS. The Bertz CT molecular complexity index is 440. The molecule has 15 heavy (non-hydrogen) atoms. The Balaban J connectivity index is 2.09. The first kappa shape index (κ1) is 9.99. The molecule has 1 aromatic heterocycles. The standard InChI is InChI=1S/C13H13NS/c1-10-3-5-13(6-4-10)14-11(2)12-7-8-15-9-12/h3-9,14H,2H2,1H3. The van der Waals surface area contributed by atoms with Crippen LogP contribution in [0.25, 0.3) is 5.70 Å². The Morgan fingerprint density at radius 2 is 1.93 bits per heavy atom. The molecule has 0 aliphatic heterocycles. The van der Waals surface area contributed by atoms with E-state index in [4.69, 9.17) is 0 Å². The van der Waals surface area contributed by atoms with Crippen molar-refractivity contribution in [2.75, 3.05) is 5.32 Å². The van der Waals surface area contributed by atoms with Crippen molar-refractivity contribution in [2.24, 2.45) is 0 Å². The van der Waals surface area contributed by atoms with E-state index in [9.17, 15) is 0 Å². The summed E-state index contributed by atoms with van der Waals surface area (Å²) in [5, 5.41) is 7.42. The van der Waals surface area contributed by atoms with Gasteiger partial charge in [0.25, 0.3) is 0 Å². The maximum absolute atomic E-state index is 4.01. The number of hydrogen-bond donors (Lipinski definition) is 1. The number of benzene rings is 1. The van der Waals surface area contributed by atoms with Crippen molar-refractivity contribution in [1.29, 1.82) is 0 Å². The van der Waals surface area contributed by atoms with Gasteiger partial charge in [-0.1, -0.05) is 24.3 Å². The fourth-order valence-electron chi connectivity index (χ4n) is 1.32. The third-order valence-corrected chi connectivity index (χ3v) is 2.90. The summed E-state index contributed by atoms with van der Waals surface area (Å²) in [4.78, 5) is 0. The number of rotatable bonds is 3. The summed E-state index contributed by atoms with van der Waals surface area (Å²) in [5.41, 5.74) is 4.44. The van der Waals surface area contributed by atoms with Crippen molar-refractivity contribution < 1.29 is 0 Å². The lowest BCUT2D eigenvalue weighted by Gasteiger charge is -2.08. The van der Waals surface area contributed by atoms with Crippen LogP contribution in [0.2, 0.25) is 0 Å². The molecule has 0 saturated carbocycles. The summed E-state index contributed by atoms with van der Waals surface area (Å²) in [7, 11) is 0. The van der Waals surface area contributed by atoms with Gasteiger partial charge in [-0.2, -0.15) is 11.3 Å². The summed E-state index contributed by atoms with van der Waals surface area (Å²) in [5.74, 6) is 0. The maximum atomic E-state index is 4.01. The van der Waals surface area contributed by atoms with Gasteiger partial charge >= 0.3 is 0 Å². The molecule has 1 N–H and O–H groups in total. The van der Waals surface area contributed by atoms with E-state index >= 15 is 0 Å². The van der Waals surface area contributed by atoms with Crippen LogP contribution in [0, 0.1) is 6.92 Å². The highest BCUT2D eigenvalue weighted by Gasteiger charge is 1.98. The molecule has 1 heterocycles. The highest BCUT2D eigenvalue weighted by atomic mass is 32.1. The number of hydrogen-bond acceptors (Lipinski definition) is 2. The fourth-order valence-corrected chi connectivity index (χ4v) is 1.99. The van der Waals surface area contributed by atoms with Crippen LogP contribution < -0.4 is 5.32 Å². The maximum Gasteiger partial charge on any atom is 0.0393 e. The topological polar surface area (TPSA) is 12.0 Å². The third-order valence-electron chi connectivity index (χ3n) is 2.22. The van der Waals surface area contributed by atoms with E-state index < -0.39 is 0 Å². The molecule has 1 aromatic carbocycles. The summed E-state index contributed by atoms with van der Waals surface area (Å²) in [6.07, 6.45) is 0. The number of aryl methyl sites for hydroxylation is 1. The minimum absolute atomic E-state index is 0.945. The van der Waals surface area contributed by atoms with E-state index in [-0.39, 0.29) is 0 Å². The predicted octanol–water partition coefficient (Wildman–Crippen LogP) is 4.14. The molecule has 0 fully saturated rings. The molecule has 2 aromatic rings. The molecule has 0 bridgehead atoms. The first-order valence-electron chi connectivity index (χ1n) is 4.81. The van der Waals surface area contributed by atoms with Crippen molar-refractivity contribution in [2.45, 2.75) is 6.92 Å². The SMILES string of the molecule is C=C(Nc1ccc(C)cc1)c1ccsc1. The highest BCUT2D eigenvalue weighted by molar-refractivity contribution is 7.08. The van der Waals surface area contributed by atoms with Crippen molar-refractivity contribution in [3.63, 3.8) is 0 Å². The van der Waals surface area contributed by atoms with E-state index in [1.807, 2.05) is 0 Å². The zero-order chi connectivity index (χ0) is 10.7. The lowest BCUT2D eigenvalue weighted by atomic mass is 10.2. The first-order valence-corrected chi connectivity index (χ1v) is 5.75. The van der Waals surface area contributed by atoms with Crippen LogP contribution in [-0.4, -0.2) is 0 Å². The second-order valence-electron chi connectivity index (χ2n) is 3.48. The number of nitrogens with one attached hydrogen (secondary N) is 1. The molecule has 0 amide bonds. The molecular weight excluding hydrogens is 202 g/mol. The zero-order valence-corrected chi connectivity index (χ0v) is 9.47. The molecule has 0 spiro atoms. The molecule has 0 saturated heterocycles. The van der Waals surface area contributed by atoms with E-state index in [1.165, 1.54) is 5.56 Å².